The summed E-state index contributed by atoms with van der Waals surface area (Å²) in [5.41, 5.74) is 1.46. The number of rotatable bonds is 8. The molecule has 1 fully saturated rings. The first-order valence-corrected chi connectivity index (χ1v) is 8.65. The molecule has 3 heteroatoms. The summed E-state index contributed by atoms with van der Waals surface area (Å²) in [5.74, 6) is 0. The Bertz CT molecular complexity index is 515. The minimum Gasteiger partial charge on any atom is -0.337 e. The molecule has 22 heavy (non-hydrogen) atoms. The van der Waals surface area contributed by atoms with E-state index in [1.54, 1.807) is 0 Å². The van der Waals surface area contributed by atoms with Gasteiger partial charge in [0.2, 0.25) is 0 Å². The van der Waals surface area contributed by atoms with Gasteiger partial charge in [-0.1, -0.05) is 43.2 Å². The third-order valence-electron chi connectivity index (χ3n) is 4.79. The highest BCUT2D eigenvalue weighted by molar-refractivity contribution is 5.14. The number of hydrogen-bond acceptors (Lipinski definition) is 2. The molecule has 0 amide bonds. The second-order valence-corrected chi connectivity index (χ2v) is 6.36. The summed E-state index contributed by atoms with van der Waals surface area (Å²) in [7, 11) is 0. The lowest BCUT2D eigenvalue weighted by molar-refractivity contribution is 0.195. The summed E-state index contributed by atoms with van der Waals surface area (Å²) < 4.78 is 2.18. The summed E-state index contributed by atoms with van der Waals surface area (Å²) in [6.07, 6.45) is 13.8. The van der Waals surface area contributed by atoms with Crippen LogP contribution in [0, 0.1) is 0 Å². The van der Waals surface area contributed by atoms with Crippen LogP contribution in [0.4, 0.5) is 0 Å². The highest BCUT2D eigenvalue weighted by atomic mass is 15.2. The quantitative estimate of drug-likeness (QED) is 0.739. The summed E-state index contributed by atoms with van der Waals surface area (Å²) in [6.45, 7) is 3.48. The standard InChI is InChI=1S/C19H27N3/c1-2-7-18(8-3-1)11-15-22(19-9-4-5-10-19)14-6-13-21-16-12-20-17-21/h1-3,7-8,12,16-17,19H,4-6,9-11,13-15H2. The predicted octanol–water partition coefficient (Wildman–Crippen LogP) is 3.76. The molecule has 118 valence electrons. The highest BCUT2D eigenvalue weighted by Gasteiger charge is 2.21. The Kier molecular flexibility index (Phi) is 5.66. The Labute approximate surface area is 134 Å². The van der Waals surface area contributed by atoms with E-state index in [0.717, 1.165) is 12.6 Å². The van der Waals surface area contributed by atoms with Crippen molar-refractivity contribution in [2.45, 2.75) is 51.1 Å². The number of benzene rings is 1. The third-order valence-corrected chi connectivity index (χ3v) is 4.79. The zero-order valence-electron chi connectivity index (χ0n) is 13.4. The summed E-state index contributed by atoms with van der Waals surface area (Å²) in [6, 6.07) is 11.7. The van der Waals surface area contributed by atoms with Crippen LogP contribution in [0.25, 0.3) is 0 Å². The van der Waals surface area contributed by atoms with Gasteiger partial charge in [0.15, 0.2) is 0 Å². The first-order valence-electron chi connectivity index (χ1n) is 8.65. The zero-order chi connectivity index (χ0) is 15.0. The summed E-state index contributed by atoms with van der Waals surface area (Å²) in [5, 5.41) is 0. The van der Waals surface area contributed by atoms with Gasteiger partial charge in [-0.05, 0) is 31.2 Å². The van der Waals surface area contributed by atoms with Crippen molar-refractivity contribution in [1.29, 1.82) is 0 Å². The first kappa shape index (κ1) is 15.3. The lowest BCUT2D eigenvalue weighted by Gasteiger charge is -2.29. The molecule has 1 aromatic carbocycles. The van der Waals surface area contributed by atoms with E-state index in [4.69, 9.17) is 0 Å². The van der Waals surface area contributed by atoms with Crippen molar-refractivity contribution in [3.8, 4) is 0 Å². The Balaban J connectivity index is 1.50. The van der Waals surface area contributed by atoms with Gasteiger partial charge in [0, 0.05) is 38.1 Å². The Morgan fingerprint density at radius 2 is 1.91 bits per heavy atom. The molecule has 0 bridgehead atoms. The van der Waals surface area contributed by atoms with Crippen LogP contribution in [0.2, 0.25) is 0 Å². The summed E-state index contributed by atoms with van der Waals surface area (Å²) in [4.78, 5) is 6.86. The third kappa shape index (κ3) is 4.44. The van der Waals surface area contributed by atoms with E-state index >= 15 is 0 Å². The van der Waals surface area contributed by atoms with Gasteiger partial charge in [0.25, 0.3) is 0 Å². The second kappa shape index (κ2) is 8.14. The maximum atomic E-state index is 4.12. The predicted molar refractivity (Wildman–Crippen MR) is 90.8 cm³/mol. The van der Waals surface area contributed by atoms with E-state index in [1.807, 2.05) is 12.5 Å². The summed E-state index contributed by atoms with van der Waals surface area (Å²) >= 11 is 0. The number of aryl methyl sites for hydroxylation is 1. The minimum absolute atomic E-state index is 0.812. The molecule has 0 radical (unpaired) electrons. The van der Waals surface area contributed by atoms with E-state index in [9.17, 15) is 0 Å². The van der Waals surface area contributed by atoms with Crippen molar-refractivity contribution >= 4 is 0 Å². The average molecular weight is 297 g/mol. The van der Waals surface area contributed by atoms with Crippen molar-refractivity contribution in [2.75, 3.05) is 13.1 Å². The maximum absolute atomic E-state index is 4.12. The molecular formula is C19H27N3. The van der Waals surface area contributed by atoms with Gasteiger partial charge in [-0.25, -0.2) is 4.98 Å². The smallest absolute Gasteiger partial charge is 0.0945 e. The largest absolute Gasteiger partial charge is 0.337 e. The van der Waals surface area contributed by atoms with Gasteiger partial charge < -0.3 is 4.57 Å². The van der Waals surface area contributed by atoms with Crippen LogP contribution in [0.3, 0.4) is 0 Å². The number of nitrogens with zero attached hydrogens (tertiary/aromatic N) is 3. The van der Waals surface area contributed by atoms with Crippen molar-refractivity contribution in [3.63, 3.8) is 0 Å². The molecule has 2 aromatic rings. The maximum Gasteiger partial charge on any atom is 0.0945 e. The minimum atomic E-state index is 0.812. The normalized spacial score (nSPS) is 15.7. The van der Waals surface area contributed by atoms with Crippen LogP contribution in [-0.4, -0.2) is 33.6 Å². The fourth-order valence-corrected chi connectivity index (χ4v) is 3.54. The van der Waals surface area contributed by atoms with Gasteiger partial charge in [-0.3, -0.25) is 4.90 Å². The molecule has 0 saturated heterocycles. The molecule has 0 unspecified atom stereocenters. The van der Waals surface area contributed by atoms with Crippen molar-refractivity contribution in [3.05, 3.63) is 54.6 Å². The zero-order valence-corrected chi connectivity index (χ0v) is 13.4. The fraction of sp³-hybridized carbons (Fsp3) is 0.526. The molecule has 3 rings (SSSR count). The topological polar surface area (TPSA) is 21.1 Å². The molecule has 0 aliphatic heterocycles. The molecular weight excluding hydrogens is 270 g/mol. The fourth-order valence-electron chi connectivity index (χ4n) is 3.54. The van der Waals surface area contributed by atoms with Crippen LogP contribution in [0.15, 0.2) is 49.1 Å². The molecule has 1 aromatic heterocycles. The molecule has 1 heterocycles. The molecule has 0 spiro atoms. The Hall–Kier alpha value is -1.61. The van der Waals surface area contributed by atoms with E-state index in [-0.39, 0.29) is 0 Å². The van der Waals surface area contributed by atoms with Crippen LogP contribution >= 0.6 is 0 Å². The average Bonchev–Trinajstić information content (AvgIpc) is 3.25. The van der Waals surface area contributed by atoms with Crippen LogP contribution in [0.1, 0.15) is 37.7 Å². The Morgan fingerprint density at radius 3 is 2.64 bits per heavy atom. The van der Waals surface area contributed by atoms with Crippen molar-refractivity contribution in [1.82, 2.24) is 14.5 Å². The lowest BCUT2D eigenvalue weighted by atomic mass is 10.1. The van der Waals surface area contributed by atoms with Gasteiger partial charge in [-0.2, -0.15) is 0 Å². The van der Waals surface area contributed by atoms with Gasteiger partial charge in [-0.15, -0.1) is 0 Å². The lowest BCUT2D eigenvalue weighted by Crippen LogP contribution is -2.36. The highest BCUT2D eigenvalue weighted by Crippen LogP contribution is 2.24. The SMILES string of the molecule is c1ccc(CCN(CCCn2ccnc2)C2CCCC2)cc1. The van der Waals surface area contributed by atoms with Crippen LogP contribution < -0.4 is 0 Å². The van der Waals surface area contributed by atoms with Crippen LogP contribution in [0.5, 0.6) is 0 Å². The number of aromatic nitrogens is 2. The van der Waals surface area contributed by atoms with Crippen molar-refractivity contribution < 1.29 is 0 Å². The monoisotopic (exact) mass is 297 g/mol. The van der Waals surface area contributed by atoms with Crippen LogP contribution in [-0.2, 0) is 13.0 Å². The molecule has 1 aliphatic rings. The first-order chi connectivity index (χ1) is 10.9. The molecule has 3 nitrogen and oxygen atoms in total. The number of imidazole rings is 1. The molecule has 0 N–H and O–H groups in total. The van der Waals surface area contributed by atoms with Gasteiger partial charge in [0.05, 0.1) is 6.33 Å². The van der Waals surface area contributed by atoms with E-state index in [1.165, 1.54) is 57.2 Å². The van der Waals surface area contributed by atoms with Crippen molar-refractivity contribution in [2.24, 2.45) is 0 Å². The molecule has 1 saturated carbocycles. The van der Waals surface area contributed by atoms with E-state index < -0.39 is 0 Å². The second-order valence-electron chi connectivity index (χ2n) is 6.36. The molecule has 1 aliphatic carbocycles. The molecule has 0 atom stereocenters. The van der Waals surface area contributed by atoms with E-state index in [2.05, 4.69) is 51.0 Å². The van der Waals surface area contributed by atoms with Gasteiger partial charge >= 0.3 is 0 Å². The Morgan fingerprint density at radius 1 is 1.09 bits per heavy atom. The van der Waals surface area contributed by atoms with Gasteiger partial charge in [0.1, 0.15) is 0 Å². The van der Waals surface area contributed by atoms with E-state index in [0.29, 0.717) is 0 Å². The number of hydrogen-bond donors (Lipinski definition) is 0.